The second-order valence-corrected chi connectivity index (χ2v) is 5.79. The predicted molar refractivity (Wildman–Crippen MR) is 79.7 cm³/mol. The lowest BCUT2D eigenvalue weighted by atomic mass is 10.1. The summed E-state index contributed by atoms with van der Waals surface area (Å²) in [4.78, 5) is 2.59. The van der Waals surface area contributed by atoms with Gasteiger partial charge in [0.2, 0.25) is 0 Å². The van der Waals surface area contributed by atoms with Crippen LogP contribution in [0.25, 0.3) is 0 Å². The summed E-state index contributed by atoms with van der Waals surface area (Å²) in [5.41, 5.74) is 2.59. The van der Waals surface area contributed by atoms with Crippen molar-refractivity contribution in [1.82, 2.24) is 4.90 Å². The van der Waals surface area contributed by atoms with E-state index in [1.165, 1.54) is 24.0 Å². The summed E-state index contributed by atoms with van der Waals surface area (Å²) in [5.74, 6) is 1.05. The van der Waals surface area contributed by atoms with Crippen LogP contribution in [-0.2, 0) is 6.54 Å². The summed E-state index contributed by atoms with van der Waals surface area (Å²) in [6, 6.07) is 19.8. The van der Waals surface area contributed by atoms with Crippen LogP contribution in [0, 0.1) is 0 Å². The maximum absolute atomic E-state index is 6.31. The Kier molecular flexibility index (Phi) is 2.96. The number of hydrogen-bond donors (Lipinski definition) is 0. The molecule has 1 heterocycles. The van der Waals surface area contributed by atoms with Crippen molar-refractivity contribution in [2.45, 2.75) is 31.5 Å². The fraction of sp³-hybridized carbons (Fsp3) is 0.333. The average molecular weight is 265 g/mol. The van der Waals surface area contributed by atoms with Gasteiger partial charge in [0.05, 0.1) is 0 Å². The van der Waals surface area contributed by atoms with Crippen molar-refractivity contribution in [2.24, 2.45) is 0 Å². The molecule has 4 rings (SSSR count). The van der Waals surface area contributed by atoms with Crippen molar-refractivity contribution in [2.75, 3.05) is 6.54 Å². The van der Waals surface area contributed by atoms with E-state index in [1.54, 1.807) is 0 Å². The van der Waals surface area contributed by atoms with Gasteiger partial charge < -0.3 is 4.74 Å². The van der Waals surface area contributed by atoms with Gasteiger partial charge in [0.25, 0.3) is 0 Å². The zero-order chi connectivity index (χ0) is 13.4. The molecule has 2 heteroatoms. The van der Waals surface area contributed by atoms with Gasteiger partial charge in [-0.2, -0.15) is 0 Å². The molecule has 0 radical (unpaired) electrons. The van der Waals surface area contributed by atoms with E-state index in [4.69, 9.17) is 4.74 Å². The average Bonchev–Trinajstić information content (AvgIpc) is 3.33. The van der Waals surface area contributed by atoms with Crippen LogP contribution >= 0.6 is 0 Å². The first-order valence-corrected chi connectivity index (χ1v) is 7.44. The van der Waals surface area contributed by atoms with Crippen molar-refractivity contribution in [1.29, 1.82) is 0 Å². The SMILES string of the molecule is c1ccc(C2CN(C3CC3)Cc3ccccc3O2)cc1. The molecule has 2 aromatic rings. The van der Waals surface area contributed by atoms with Gasteiger partial charge in [-0.05, 0) is 24.5 Å². The fourth-order valence-corrected chi connectivity index (χ4v) is 3.00. The number of hydrogen-bond acceptors (Lipinski definition) is 2. The molecule has 20 heavy (non-hydrogen) atoms. The van der Waals surface area contributed by atoms with E-state index < -0.39 is 0 Å². The van der Waals surface area contributed by atoms with Gasteiger partial charge in [-0.1, -0.05) is 48.5 Å². The van der Waals surface area contributed by atoms with Crippen LogP contribution in [0.15, 0.2) is 54.6 Å². The molecule has 0 aromatic heterocycles. The smallest absolute Gasteiger partial charge is 0.136 e. The van der Waals surface area contributed by atoms with Crippen molar-refractivity contribution in [3.05, 3.63) is 65.7 Å². The highest BCUT2D eigenvalue weighted by atomic mass is 16.5. The van der Waals surface area contributed by atoms with Crippen LogP contribution in [0.5, 0.6) is 5.75 Å². The van der Waals surface area contributed by atoms with E-state index in [2.05, 4.69) is 59.5 Å². The molecule has 102 valence electrons. The number of nitrogens with zero attached hydrogens (tertiary/aromatic N) is 1. The van der Waals surface area contributed by atoms with E-state index in [0.717, 1.165) is 24.9 Å². The Morgan fingerprint density at radius 3 is 2.45 bits per heavy atom. The van der Waals surface area contributed by atoms with E-state index in [-0.39, 0.29) is 6.10 Å². The number of benzene rings is 2. The molecule has 1 unspecified atom stereocenters. The summed E-state index contributed by atoms with van der Waals surface area (Å²) in [6.07, 6.45) is 2.81. The van der Waals surface area contributed by atoms with Gasteiger partial charge in [0.15, 0.2) is 0 Å². The van der Waals surface area contributed by atoms with Gasteiger partial charge in [-0.15, -0.1) is 0 Å². The Balaban J connectivity index is 1.70. The first-order valence-electron chi connectivity index (χ1n) is 7.44. The molecule has 1 saturated carbocycles. The third-order valence-corrected chi connectivity index (χ3v) is 4.25. The Morgan fingerprint density at radius 1 is 0.900 bits per heavy atom. The second kappa shape index (κ2) is 4.95. The largest absolute Gasteiger partial charge is 0.484 e. The molecular weight excluding hydrogens is 246 g/mol. The molecular formula is C18H19NO. The molecule has 0 amide bonds. The molecule has 1 aliphatic carbocycles. The Morgan fingerprint density at radius 2 is 1.65 bits per heavy atom. The topological polar surface area (TPSA) is 12.5 Å². The van der Waals surface area contributed by atoms with Gasteiger partial charge in [-0.3, -0.25) is 4.90 Å². The van der Waals surface area contributed by atoms with Crippen molar-refractivity contribution in [3.63, 3.8) is 0 Å². The third-order valence-electron chi connectivity index (χ3n) is 4.25. The molecule has 0 spiro atoms. The minimum absolute atomic E-state index is 0.139. The molecule has 2 nitrogen and oxygen atoms in total. The fourth-order valence-electron chi connectivity index (χ4n) is 3.00. The van der Waals surface area contributed by atoms with Crippen LogP contribution in [0.2, 0.25) is 0 Å². The lowest BCUT2D eigenvalue weighted by molar-refractivity contribution is 0.143. The first-order chi connectivity index (χ1) is 9.90. The van der Waals surface area contributed by atoms with Gasteiger partial charge in [-0.25, -0.2) is 0 Å². The van der Waals surface area contributed by atoms with E-state index in [9.17, 15) is 0 Å². The van der Waals surface area contributed by atoms with Crippen LogP contribution < -0.4 is 4.74 Å². The minimum Gasteiger partial charge on any atom is -0.484 e. The monoisotopic (exact) mass is 265 g/mol. The summed E-state index contributed by atoms with van der Waals surface area (Å²) in [6.45, 7) is 2.01. The van der Waals surface area contributed by atoms with Crippen molar-refractivity contribution in [3.8, 4) is 5.75 Å². The third kappa shape index (κ3) is 2.32. The molecule has 0 bridgehead atoms. The quantitative estimate of drug-likeness (QED) is 0.819. The molecule has 1 atom stereocenters. The van der Waals surface area contributed by atoms with Crippen LogP contribution in [0.1, 0.15) is 30.1 Å². The van der Waals surface area contributed by atoms with Crippen molar-refractivity contribution >= 4 is 0 Å². The summed E-state index contributed by atoms with van der Waals surface area (Å²) >= 11 is 0. The predicted octanol–water partition coefficient (Wildman–Crippen LogP) is 3.78. The summed E-state index contributed by atoms with van der Waals surface area (Å²) in [7, 11) is 0. The van der Waals surface area contributed by atoms with Crippen LogP contribution in [0.4, 0.5) is 0 Å². The van der Waals surface area contributed by atoms with E-state index >= 15 is 0 Å². The molecule has 2 aromatic carbocycles. The lowest BCUT2D eigenvalue weighted by Crippen LogP contribution is -2.30. The van der Waals surface area contributed by atoms with Crippen LogP contribution in [-0.4, -0.2) is 17.5 Å². The van der Waals surface area contributed by atoms with E-state index in [0.29, 0.717) is 0 Å². The highest BCUT2D eigenvalue weighted by Crippen LogP contribution is 2.36. The maximum Gasteiger partial charge on any atom is 0.136 e. The highest BCUT2D eigenvalue weighted by Gasteiger charge is 2.34. The highest BCUT2D eigenvalue weighted by molar-refractivity contribution is 5.35. The standard InChI is InChI=1S/C18H19NO/c1-2-6-14(7-3-1)18-13-19(16-10-11-16)12-15-8-4-5-9-17(15)20-18/h1-9,16,18H,10-13H2. The van der Waals surface area contributed by atoms with Gasteiger partial charge >= 0.3 is 0 Å². The van der Waals surface area contributed by atoms with Crippen molar-refractivity contribution < 1.29 is 4.74 Å². The zero-order valence-corrected chi connectivity index (χ0v) is 11.5. The Labute approximate surface area is 120 Å². The molecule has 1 fully saturated rings. The first kappa shape index (κ1) is 12.0. The van der Waals surface area contributed by atoms with Gasteiger partial charge in [0.1, 0.15) is 11.9 Å². The number of ether oxygens (including phenoxy) is 1. The second-order valence-electron chi connectivity index (χ2n) is 5.79. The molecule has 0 saturated heterocycles. The Bertz CT molecular complexity index is 591. The molecule has 1 aliphatic heterocycles. The summed E-state index contributed by atoms with van der Waals surface area (Å²) < 4.78 is 6.31. The minimum atomic E-state index is 0.139. The maximum atomic E-state index is 6.31. The van der Waals surface area contributed by atoms with E-state index in [1.807, 2.05) is 0 Å². The molecule has 2 aliphatic rings. The summed E-state index contributed by atoms with van der Waals surface area (Å²) in [5, 5.41) is 0. The number of fused-ring (bicyclic) bond motifs is 1. The number of rotatable bonds is 2. The van der Waals surface area contributed by atoms with Crippen LogP contribution in [0.3, 0.4) is 0 Å². The number of para-hydroxylation sites is 1. The van der Waals surface area contributed by atoms with Gasteiger partial charge in [0, 0.05) is 24.7 Å². The zero-order valence-electron chi connectivity index (χ0n) is 11.5. The lowest BCUT2D eigenvalue weighted by Gasteiger charge is -2.23. The molecule has 0 N–H and O–H groups in total. The normalized spacial score (nSPS) is 22.7. The Hall–Kier alpha value is -1.80.